The van der Waals surface area contributed by atoms with Crippen molar-refractivity contribution >= 4 is 11.5 Å². The standard InChI is InChI=1S/C13H23N5O2/c1-3-7-18-11(14)10(12(19)16-13(18)20)15-6-8-17(2)9-4-5-9/h9,15H,3-8,14H2,1-2H3,(H,16,19,20). The van der Waals surface area contributed by atoms with Gasteiger partial charge in [0.2, 0.25) is 0 Å². The molecule has 2 rings (SSSR count). The highest BCUT2D eigenvalue weighted by molar-refractivity contribution is 5.60. The number of anilines is 2. The quantitative estimate of drug-likeness (QED) is 0.655. The molecular weight excluding hydrogens is 258 g/mol. The number of likely N-dealkylation sites (N-methyl/N-ethyl adjacent to an activating group) is 1. The van der Waals surface area contributed by atoms with Gasteiger partial charge in [-0.2, -0.15) is 0 Å². The van der Waals surface area contributed by atoms with E-state index in [-0.39, 0.29) is 5.82 Å². The van der Waals surface area contributed by atoms with Crippen LogP contribution in [0.25, 0.3) is 0 Å². The number of hydrogen-bond donors (Lipinski definition) is 3. The van der Waals surface area contributed by atoms with E-state index in [1.165, 1.54) is 17.4 Å². The average molecular weight is 281 g/mol. The fraction of sp³-hybridized carbons (Fsp3) is 0.692. The summed E-state index contributed by atoms with van der Waals surface area (Å²) in [5, 5.41) is 3.05. The van der Waals surface area contributed by atoms with Gasteiger partial charge in [-0.15, -0.1) is 0 Å². The summed E-state index contributed by atoms with van der Waals surface area (Å²) < 4.78 is 1.40. The van der Waals surface area contributed by atoms with Crippen molar-refractivity contribution in [3.63, 3.8) is 0 Å². The van der Waals surface area contributed by atoms with Gasteiger partial charge in [-0.3, -0.25) is 14.3 Å². The van der Waals surface area contributed by atoms with Crippen LogP contribution in [-0.2, 0) is 6.54 Å². The van der Waals surface area contributed by atoms with Crippen LogP contribution in [0.15, 0.2) is 9.59 Å². The Bertz CT molecular complexity index is 573. The molecule has 0 amide bonds. The Kier molecular flexibility index (Phi) is 4.49. The molecule has 0 unspecified atom stereocenters. The van der Waals surface area contributed by atoms with Gasteiger partial charge < -0.3 is 16.0 Å². The summed E-state index contributed by atoms with van der Waals surface area (Å²) in [6.07, 6.45) is 3.28. The van der Waals surface area contributed by atoms with E-state index >= 15 is 0 Å². The van der Waals surface area contributed by atoms with E-state index in [0.717, 1.165) is 13.0 Å². The third kappa shape index (κ3) is 3.22. The first-order valence-electron chi connectivity index (χ1n) is 7.11. The molecule has 0 saturated heterocycles. The molecule has 7 heteroatoms. The molecule has 0 aromatic carbocycles. The number of H-pyrrole nitrogens is 1. The maximum Gasteiger partial charge on any atom is 0.330 e. The SMILES string of the molecule is CCCn1c(N)c(NCCN(C)C2CC2)c(=O)[nH]c1=O. The van der Waals surface area contributed by atoms with E-state index in [4.69, 9.17) is 5.73 Å². The molecule has 1 heterocycles. The molecule has 1 aromatic rings. The lowest BCUT2D eigenvalue weighted by Crippen LogP contribution is -2.35. The zero-order chi connectivity index (χ0) is 14.7. The first kappa shape index (κ1) is 14.6. The van der Waals surface area contributed by atoms with Gasteiger partial charge in [0.1, 0.15) is 11.5 Å². The summed E-state index contributed by atoms with van der Waals surface area (Å²) in [6, 6.07) is 0.682. The number of nitrogens with one attached hydrogen (secondary N) is 2. The lowest BCUT2D eigenvalue weighted by Gasteiger charge is -2.17. The van der Waals surface area contributed by atoms with Crippen molar-refractivity contribution in [1.29, 1.82) is 0 Å². The minimum atomic E-state index is -0.450. The molecule has 1 aliphatic rings. The zero-order valence-electron chi connectivity index (χ0n) is 12.1. The number of aromatic amines is 1. The Labute approximate surface area is 117 Å². The van der Waals surface area contributed by atoms with Crippen molar-refractivity contribution in [2.45, 2.75) is 38.8 Å². The highest BCUT2D eigenvalue weighted by Crippen LogP contribution is 2.24. The number of nitrogen functional groups attached to an aromatic ring is 1. The number of nitrogens with two attached hydrogens (primary N) is 1. The predicted octanol–water partition coefficient (Wildman–Crippen LogP) is 0.0349. The van der Waals surface area contributed by atoms with E-state index < -0.39 is 11.2 Å². The van der Waals surface area contributed by atoms with Crippen LogP contribution in [-0.4, -0.2) is 40.6 Å². The molecule has 0 bridgehead atoms. The minimum absolute atomic E-state index is 0.217. The Morgan fingerprint density at radius 1 is 1.45 bits per heavy atom. The molecule has 1 fully saturated rings. The van der Waals surface area contributed by atoms with Gasteiger partial charge in [-0.25, -0.2) is 4.79 Å². The van der Waals surface area contributed by atoms with E-state index in [9.17, 15) is 9.59 Å². The second kappa shape index (κ2) is 6.13. The predicted molar refractivity (Wildman–Crippen MR) is 80.2 cm³/mol. The monoisotopic (exact) mass is 281 g/mol. The average Bonchev–Trinajstić information content (AvgIpc) is 3.22. The van der Waals surface area contributed by atoms with Gasteiger partial charge in [-0.1, -0.05) is 6.92 Å². The van der Waals surface area contributed by atoms with Gasteiger partial charge in [0, 0.05) is 25.7 Å². The van der Waals surface area contributed by atoms with Crippen LogP contribution in [0, 0.1) is 0 Å². The molecule has 0 aliphatic heterocycles. The third-order valence-electron chi connectivity index (χ3n) is 3.62. The van der Waals surface area contributed by atoms with Gasteiger partial charge in [-0.05, 0) is 26.3 Å². The van der Waals surface area contributed by atoms with Crippen LogP contribution in [0.5, 0.6) is 0 Å². The van der Waals surface area contributed by atoms with Crippen LogP contribution >= 0.6 is 0 Å². The van der Waals surface area contributed by atoms with E-state index in [0.29, 0.717) is 24.8 Å². The third-order valence-corrected chi connectivity index (χ3v) is 3.62. The maximum absolute atomic E-state index is 11.8. The second-order valence-corrected chi connectivity index (χ2v) is 5.31. The molecule has 7 nitrogen and oxygen atoms in total. The first-order chi connectivity index (χ1) is 9.54. The van der Waals surface area contributed by atoms with E-state index in [2.05, 4.69) is 22.2 Å². The molecule has 1 saturated carbocycles. The first-order valence-corrected chi connectivity index (χ1v) is 7.11. The fourth-order valence-electron chi connectivity index (χ4n) is 2.26. The largest absolute Gasteiger partial charge is 0.383 e. The topological polar surface area (TPSA) is 96.2 Å². The molecule has 20 heavy (non-hydrogen) atoms. The Morgan fingerprint density at radius 3 is 2.75 bits per heavy atom. The molecule has 0 atom stereocenters. The van der Waals surface area contributed by atoms with Crippen molar-refractivity contribution < 1.29 is 0 Å². The fourth-order valence-corrected chi connectivity index (χ4v) is 2.26. The van der Waals surface area contributed by atoms with E-state index in [1.54, 1.807) is 0 Å². The summed E-state index contributed by atoms with van der Waals surface area (Å²) in [5.41, 5.74) is 5.32. The van der Waals surface area contributed by atoms with Crippen LogP contribution < -0.4 is 22.3 Å². The van der Waals surface area contributed by atoms with Crippen molar-refractivity contribution in [2.75, 3.05) is 31.2 Å². The molecule has 0 radical (unpaired) electrons. The summed E-state index contributed by atoms with van der Waals surface area (Å²) in [6.45, 7) is 3.92. The van der Waals surface area contributed by atoms with Crippen molar-refractivity contribution in [1.82, 2.24) is 14.5 Å². The summed E-state index contributed by atoms with van der Waals surface area (Å²) in [5.74, 6) is 0.217. The summed E-state index contributed by atoms with van der Waals surface area (Å²) in [4.78, 5) is 28.1. The lowest BCUT2D eigenvalue weighted by molar-refractivity contribution is 0.337. The van der Waals surface area contributed by atoms with E-state index in [1.807, 2.05) is 6.92 Å². The van der Waals surface area contributed by atoms with Crippen LogP contribution in [0.2, 0.25) is 0 Å². The number of aromatic nitrogens is 2. The smallest absolute Gasteiger partial charge is 0.330 e. The summed E-state index contributed by atoms with van der Waals surface area (Å²) >= 11 is 0. The van der Waals surface area contributed by atoms with Crippen molar-refractivity contribution in [3.8, 4) is 0 Å². The number of hydrogen-bond acceptors (Lipinski definition) is 5. The molecule has 1 aromatic heterocycles. The molecule has 0 spiro atoms. The second-order valence-electron chi connectivity index (χ2n) is 5.31. The molecule has 4 N–H and O–H groups in total. The van der Waals surface area contributed by atoms with Gasteiger partial charge in [0.15, 0.2) is 0 Å². The Balaban J connectivity index is 2.08. The van der Waals surface area contributed by atoms with Crippen LogP contribution in [0.3, 0.4) is 0 Å². The van der Waals surface area contributed by atoms with Crippen molar-refractivity contribution in [3.05, 3.63) is 20.8 Å². The number of nitrogens with zero attached hydrogens (tertiary/aromatic N) is 2. The maximum atomic E-state index is 11.8. The molecule has 112 valence electrons. The Morgan fingerprint density at radius 2 is 2.15 bits per heavy atom. The van der Waals surface area contributed by atoms with Gasteiger partial charge in [0.25, 0.3) is 5.56 Å². The normalized spacial score (nSPS) is 14.8. The van der Waals surface area contributed by atoms with Crippen LogP contribution in [0.4, 0.5) is 11.5 Å². The van der Waals surface area contributed by atoms with Gasteiger partial charge >= 0.3 is 5.69 Å². The Hall–Kier alpha value is -1.76. The number of rotatable bonds is 7. The van der Waals surface area contributed by atoms with Gasteiger partial charge in [0.05, 0.1) is 0 Å². The highest BCUT2D eigenvalue weighted by Gasteiger charge is 2.25. The minimum Gasteiger partial charge on any atom is -0.383 e. The van der Waals surface area contributed by atoms with Crippen molar-refractivity contribution in [2.24, 2.45) is 0 Å². The highest BCUT2D eigenvalue weighted by atomic mass is 16.2. The summed E-state index contributed by atoms with van der Waals surface area (Å²) in [7, 11) is 2.07. The molecular formula is C13H23N5O2. The molecule has 1 aliphatic carbocycles. The van der Waals surface area contributed by atoms with Crippen LogP contribution in [0.1, 0.15) is 26.2 Å². The zero-order valence-corrected chi connectivity index (χ0v) is 12.1. The lowest BCUT2D eigenvalue weighted by atomic mass is 10.4.